The maximum atomic E-state index is 12.8. The Balaban J connectivity index is 2.74. The molecule has 1 nitrogen and oxygen atoms in total. The summed E-state index contributed by atoms with van der Waals surface area (Å²) in [5.74, 6) is 0.447. The summed E-state index contributed by atoms with van der Waals surface area (Å²) < 4.78 is 38.3. The molecule has 0 bridgehead atoms. The maximum Gasteiger partial charge on any atom is 0.416 e. The lowest BCUT2D eigenvalue weighted by Gasteiger charge is -2.21. The molecule has 0 aromatic heterocycles. The minimum absolute atomic E-state index is 0.205. The van der Waals surface area contributed by atoms with E-state index in [1.807, 2.05) is 6.92 Å². The van der Waals surface area contributed by atoms with Crippen LogP contribution in [0.15, 0.2) is 24.3 Å². The maximum absolute atomic E-state index is 12.8. The van der Waals surface area contributed by atoms with Gasteiger partial charge in [0.1, 0.15) is 0 Å². The highest BCUT2D eigenvalue weighted by Gasteiger charge is 2.32. The largest absolute Gasteiger partial charge is 0.416 e. The molecule has 0 aliphatic heterocycles. The Labute approximate surface area is 106 Å². The van der Waals surface area contributed by atoms with Crippen molar-refractivity contribution in [2.45, 2.75) is 46.0 Å². The topological polar surface area (TPSA) is 12.0 Å². The minimum atomic E-state index is -4.28. The van der Waals surface area contributed by atoms with Crippen molar-refractivity contribution in [2.75, 3.05) is 0 Å². The molecule has 0 heterocycles. The Bertz CT molecular complexity index is 374. The summed E-state index contributed by atoms with van der Waals surface area (Å²) in [6.07, 6.45) is -3.27. The third-order valence-corrected chi connectivity index (χ3v) is 3.43. The third-order valence-electron chi connectivity index (χ3n) is 3.43. The molecule has 1 N–H and O–H groups in total. The van der Waals surface area contributed by atoms with E-state index in [2.05, 4.69) is 19.2 Å². The second-order valence-electron chi connectivity index (χ2n) is 4.71. The van der Waals surface area contributed by atoms with Crippen LogP contribution in [0.3, 0.4) is 0 Å². The molecule has 0 saturated carbocycles. The van der Waals surface area contributed by atoms with Gasteiger partial charge in [-0.05, 0) is 24.5 Å². The van der Waals surface area contributed by atoms with Gasteiger partial charge in [-0.1, -0.05) is 38.5 Å². The summed E-state index contributed by atoms with van der Waals surface area (Å²) in [7, 11) is 0. The molecule has 0 radical (unpaired) electrons. The zero-order valence-electron chi connectivity index (χ0n) is 11.0. The second kappa shape index (κ2) is 6.23. The standard InChI is InChI=1S/C14H20F3N/c1-4-10(2)11(3)18-9-12-7-5-6-8-13(12)14(15,16)17/h5-8,10-11,18H,4,9H2,1-3H3. The second-order valence-corrected chi connectivity index (χ2v) is 4.71. The van der Waals surface area contributed by atoms with E-state index in [0.717, 1.165) is 12.5 Å². The Kier molecular flexibility index (Phi) is 5.20. The van der Waals surface area contributed by atoms with Gasteiger partial charge in [-0.15, -0.1) is 0 Å². The first-order valence-corrected chi connectivity index (χ1v) is 6.24. The smallest absolute Gasteiger partial charge is 0.310 e. The molecule has 102 valence electrons. The molecule has 0 spiro atoms. The first kappa shape index (κ1) is 15.0. The summed E-state index contributed by atoms with van der Waals surface area (Å²) in [5, 5.41) is 3.16. The molecule has 0 fully saturated rings. The van der Waals surface area contributed by atoms with Gasteiger partial charge >= 0.3 is 6.18 Å². The van der Waals surface area contributed by atoms with Gasteiger partial charge in [0.25, 0.3) is 0 Å². The van der Waals surface area contributed by atoms with Gasteiger partial charge in [-0.25, -0.2) is 0 Å². The van der Waals surface area contributed by atoms with Crippen LogP contribution in [0.25, 0.3) is 0 Å². The van der Waals surface area contributed by atoms with Crippen LogP contribution in [0.4, 0.5) is 13.2 Å². The average Bonchev–Trinajstić information content (AvgIpc) is 2.34. The summed E-state index contributed by atoms with van der Waals surface area (Å²) in [6.45, 7) is 6.42. The van der Waals surface area contributed by atoms with Crippen molar-refractivity contribution in [3.8, 4) is 0 Å². The highest BCUT2D eigenvalue weighted by molar-refractivity contribution is 5.29. The molecular weight excluding hydrogens is 239 g/mol. The van der Waals surface area contributed by atoms with Crippen LogP contribution in [-0.2, 0) is 12.7 Å². The minimum Gasteiger partial charge on any atom is -0.310 e. The first-order chi connectivity index (χ1) is 8.36. The summed E-state index contributed by atoms with van der Waals surface area (Å²) >= 11 is 0. The van der Waals surface area contributed by atoms with Gasteiger partial charge in [-0.3, -0.25) is 0 Å². The van der Waals surface area contributed by atoms with E-state index in [1.165, 1.54) is 12.1 Å². The molecular formula is C14H20F3N. The zero-order valence-corrected chi connectivity index (χ0v) is 11.0. The lowest BCUT2D eigenvalue weighted by molar-refractivity contribution is -0.138. The van der Waals surface area contributed by atoms with E-state index >= 15 is 0 Å². The van der Waals surface area contributed by atoms with Crippen molar-refractivity contribution in [3.63, 3.8) is 0 Å². The van der Waals surface area contributed by atoms with Gasteiger partial charge in [0, 0.05) is 12.6 Å². The van der Waals surface area contributed by atoms with E-state index in [-0.39, 0.29) is 12.6 Å². The molecule has 1 rings (SSSR count). The fourth-order valence-corrected chi connectivity index (χ4v) is 1.78. The number of benzene rings is 1. The zero-order chi connectivity index (χ0) is 13.8. The Morgan fingerprint density at radius 1 is 1.17 bits per heavy atom. The third kappa shape index (κ3) is 4.02. The molecule has 2 unspecified atom stereocenters. The SMILES string of the molecule is CCC(C)C(C)NCc1ccccc1C(F)(F)F. The van der Waals surface area contributed by atoms with Crippen molar-refractivity contribution in [1.82, 2.24) is 5.32 Å². The van der Waals surface area contributed by atoms with Crippen LogP contribution >= 0.6 is 0 Å². The number of hydrogen-bond acceptors (Lipinski definition) is 1. The highest BCUT2D eigenvalue weighted by atomic mass is 19.4. The fourth-order valence-electron chi connectivity index (χ4n) is 1.78. The van der Waals surface area contributed by atoms with Crippen molar-refractivity contribution >= 4 is 0 Å². The molecule has 0 amide bonds. The fraction of sp³-hybridized carbons (Fsp3) is 0.571. The number of rotatable bonds is 5. The van der Waals surface area contributed by atoms with Crippen LogP contribution in [0.2, 0.25) is 0 Å². The molecule has 4 heteroatoms. The molecule has 0 aliphatic carbocycles. The molecule has 1 aromatic carbocycles. The number of hydrogen-bond donors (Lipinski definition) is 1. The predicted molar refractivity (Wildman–Crippen MR) is 67.2 cm³/mol. The van der Waals surface area contributed by atoms with Crippen molar-refractivity contribution in [3.05, 3.63) is 35.4 Å². The summed E-state index contributed by atoms with van der Waals surface area (Å²) in [5.41, 5.74) is -0.242. The molecule has 1 aromatic rings. The van der Waals surface area contributed by atoms with E-state index in [0.29, 0.717) is 11.5 Å². The van der Waals surface area contributed by atoms with E-state index in [9.17, 15) is 13.2 Å². The van der Waals surface area contributed by atoms with Crippen molar-refractivity contribution < 1.29 is 13.2 Å². The van der Waals surface area contributed by atoms with Crippen LogP contribution in [0.1, 0.15) is 38.3 Å². The van der Waals surface area contributed by atoms with Crippen molar-refractivity contribution in [1.29, 1.82) is 0 Å². The number of nitrogens with one attached hydrogen (secondary N) is 1. The first-order valence-electron chi connectivity index (χ1n) is 6.24. The Morgan fingerprint density at radius 3 is 2.33 bits per heavy atom. The van der Waals surface area contributed by atoms with Gasteiger partial charge in [-0.2, -0.15) is 13.2 Å². The molecule has 0 saturated heterocycles. The average molecular weight is 259 g/mol. The predicted octanol–water partition coefficient (Wildman–Crippen LogP) is 4.23. The van der Waals surface area contributed by atoms with E-state index in [4.69, 9.17) is 0 Å². The summed E-state index contributed by atoms with van der Waals surface area (Å²) in [4.78, 5) is 0. The van der Waals surface area contributed by atoms with Gasteiger partial charge in [0.2, 0.25) is 0 Å². The van der Waals surface area contributed by atoms with E-state index in [1.54, 1.807) is 6.07 Å². The van der Waals surface area contributed by atoms with Crippen LogP contribution in [0, 0.1) is 5.92 Å². The Morgan fingerprint density at radius 2 is 1.78 bits per heavy atom. The summed E-state index contributed by atoms with van der Waals surface area (Å²) in [6, 6.07) is 5.92. The van der Waals surface area contributed by atoms with Crippen LogP contribution < -0.4 is 5.32 Å². The Hall–Kier alpha value is -1.03. The van der Waals surface area contributed by atoms with Crippen LogP contribution in [-0.4, -0.2) is 6.04 Å². The van der Waals surface area contributed by atoms with Gasteiger partial charge in [0.05, 0.1) is 5.56 Å². The van der Waals surface area contributed by atoms with Gasteiger partial charge in [0.15, 0.2) is 0 Å². The van der Waals surface area contributed by atoms with Crippen molar-refractivity contribution in [2.24, 2.45) is 5.92 Å². The quantitative estimate of drug-likeness (QED) is 0.834. The molecule has 2 atom stereocenters. The normalized spacial score (nSPS) is 15.4. The number of alkyl halides is 3. The van der Waals surface area contributed by atoms with Gasteiger partial charge < -0.3 is 5.32 Å². The number of halogens is 3. The van der Waals surface area contributed by atoms with Crippen LogP contribution in [0.5, 0.6) is 0 Å². The molecule has 18 heavy (non-hydrogen) atoms. The van der Waals surface area contributed by atoms with E-state index < -0.39 is 11.7 Å². The molecule has 0 aliphatic rings. The monoisotopic (exact) mass is 259 g/mol. The lowest BCUT2D eigenvalue weighted by Crippen LogP contribution is -2.32. The lowest BCUT2D eigenvalue weighted by atomic mass is 10.00. The highest BCUT2D eigenvalue weighted by Crippen LogP contribution is 2.31.